The molecule has 0 aliphatic heterocycles. The highest BCUT2D eigenvalue weighted by atomic mass is 16.3. The summed E-state index contributed by atoms with van der Waals surface area (Å²) in [6, 6.07) is 69.9. The van der Waals surface area contributed by atoms with Gasteiger partial charge in [-0.2, -0.15) is 0 Å². The molecule has 0 fully saturated rings. The molecule has 0 amide bonds. The van der Waals surface area contributed by atoms with Gasteiger partial charge in [-0.3, -0.25) is 0 Å². The number of nitrogens with zero attached hydrogens (tertiary/aromatic N) is 2. The van der Waals surface area contributed by atoms with Gasteiger partial charge in [0, 0.05) is 44.3 Å². The first-order valence-corrected chi connectivity index (χ1v) is 18.1. The molecule has 11 aromatic rings. The second kappa shape index (κ2) is 11.7. The fraction of sp³-hybridized carbons (Fsp3) is 0. The van der Waals surface area contributed by atoms with E-state index in [4.69, 9.17) is 4.42 Å². The summed E-state index contributed by atoms with van der Waals surface area (Å²) < 4.78 is 8.67. The quantitative estimate of drug-likeness (QED) is 0.169. The van der Waals surface area contributed by atoms with Crippen LogP contribution in [0.3, 0.4) is 0 Å². The van der Waals surface area contributed by atoms with E-state index in [0.29, 0.717) is 0 Å². The van der Waals surface area contributed by atoms with Crippen molar-refractivity contribution in [3.05, 3.63) is 194 Å². The average molecular weight is 677 g/mol. The van der Waals surface area contributed by atoms with Crippen molar-refractivity contribution < 1.29 is 4.42 Å². The van der Waals surface area contributed by atoms with Crippen molar-refractivity contribution >= 4 is 82.4 Å². The summed E-state index contributed by atoms with van der Waals surface area (Å²) in [5, 5.41) is 9.54. The Kier molecular flexibility index (Phi) is 6.55. The van der Waals surface area contributed by atoms with Gasteiger partial charge in [-0.25, -0.2) is 0 Å². The van der Waals surface area contributed by atoms with Crippen LogP contribution in [0.5, 0.6) is 0 Å². The monoisotopic (exact) mass is 676 g/mol. The van der Waals surface area contributed by atoms with Crippen LogP contribution in [0, 0.1) is 0 Å². The van der Waals surface area contributed by atoms with Crippen LogP contribution >= 0.6 is 0 Å². The van der Waals surface area contributed by atoms with E-state index < -0.39 is 0 Å². The smallest absolute Gasteiger partial charge is 0.136 e. The average Bonchev–Trinajstić information content (AvgIpc) is 3.76. The third-order valence-corrected chi connectivity index (χ3v) is 10.7. The summed E-state index contributed by atoms with van der Waals surface area (Å²) in [5.41, 5.74) is 11.0. The van der Waals surface area contributed by atoms with E-state index in [9.17, 15) is 0 Å². The minimum Gasteiger partial charge on any atom is -0.456 e. The summed E-state index contributed by atoms with van der Waals surface area (Å²) >= 11 is 0. The van der Waals surface area contributed by atoms with Gasteiger partial charge in [0.25, 0.3) is 0 Å². The molecule has 11 rings (SSSR count). The normalized spacial score (nSPS) is 11.8. The van der Waals surface area contributed by atoms with Crippen molar-refractivity contribution in [3.63, 3.8) is 0 Å². The van der Waals surface area contributed by atoms with Crippen LogP contribution in [0.1, 0.15) is 0 Å². The predicted octanol–water partition coefficient (Wildman–Crippen LogP) is 14.1. The lowest BCUT2D eigenvalue weighted by Crippen LogP contribution is -2.10. The van der Waals surface area contributed by atoms with Gasteiger partial charge in [0.1, 0.15) is 11.2 Å². The number of fused-ring (bicyclic) bond motifs is 9. The molecule has 0 atom stereocenters. The molecule has 0 radical (unpaired) electrons. The minimum atomic E-state index is 0.915. The van der Waals surface area contributed by atoms with E-state index in [1.165, 1.54) is 43.6 Å². The number of furan rings is 1. The lowest BCUT2D eigenvalue weighted by molar-refractivity contribution is 0.669. The Hall–Kier alpha value is -7.10. The van der Waals surface area contributed by atoms with Crippen LogP contribution in [0.2, 0.25) is 0 Å². The second-order valence-electron chi connectivity index (χ2n) is 13.8. The van der Waals surface area contributed by atoms with Crippen molar-refractivity contribution in [1.29, 1.82) is 0 Å². The Morgan fingerprint density at radius 1 is 0.340 bits per heavy atom. The van der Waals surface area contributed by atoms with Gasteiger partial charge in [-0.05, 0) is 105 Å². The molecule has 248 valence electrons. The zero-order valence-electron chi connectivity index (χ0n) is 28.8. The van der Waals surface area contributed by atoms with Gasteiger partial charge >= 0.3 is 0 Å². The van der Waals surface area contributed by atoms with Crippen LogP contribution in [0.25, 0.3) is 82.1 Å². The lowest BCUT2D eigenvalue weighted by atomic mass is 9.99. The second-order valence-corrected chi connectivity index (χ2v) is 13.8. The molecular formula is C50H32N2O. The summed E-state index contributed by atoms with van der Waals surface area (Å²) in [5.74, 6) is 0. The highest BCUT2D eigenvalue weighted by Gasteiger charge is 2.19. The van der Waals surface area contributed by atoms with Crippen molar-refractivity contribution in [1.82, 2.24) is 4.57 Å². The lowest BCUT2D eigenvalue weighted by Gasteiger charge is -2.26. The summed E-state index contributed by atoms with van der Waals surface area (Å²) in [6.07, 6.45) is 0. The number of benzene rings is 9. The fourth-order valence-corrected chi connectivity index (χ4v) is 8.23. The largest absolute Gasteiger partial charge is 0.456 e. The molecule has 0 spiro atoms. The SMILES string of the molecule is c1ccc(-c2ccc(-n3c4ccccc4c4ccc(N(c5ccccc5)c5ccc6ccc7cc8oc9ccccc9c8cc7c6c5)cc43)cc2)cc1. The zero-order chi connectivity index (χ0) is 34.9. The predicted molar refractivity (Wildman–Crippen MR) is 223 cm³/mol. The zero-order valence-corrected chi connectivity index (χ0v) is 28.8. The highest BCUT2D eigenvalue weighted by molar-refractivity contribution is 6.17. The van der Waals surface area contributed by atoms with Crippen molar-refractivity contribution in [2.75, 3.05) is 4.90 Å². The molecule has 9 aromatic carbocycles. The number of rotatable bonds is 5. The van der Waals surface area contributed by atoms with Crippen LogP contribution in [-0.4, -0.2) is 4.57 Å². The Labute approximate surface area is 306 Å². The molecule has 0 saturated carbocycles. The summed E-state index contributed by atoms with van der Waals surface area (Å²) in [4.78, 5) is 2.38. The van der Waals surface area contributed by atoms with Crippen molar-refractivity contribution in [2.45, 2.75) is 0 Å². The Morgan fingerprint density at radius 2 is 0.962 bits per heavy atom. The molecule has 53 heavy (non-hydrogen) atoms. The van der Waals surface area contributed by atoms with Crippen LogP contribution in [-0.2, 0) is 0 Å². The third-order valence-electron chi connectivity index (χ3n) is 10.7. The summed E-state index contributed by atoms with van der Waals surface area (Å²) in [6.45, 7) is 0. The molecule has 0 N–H and O–H groups in total. The fourth-order valence-electron chi connectivity index (χ4n) is 8.23. The van der Waals surface area contributed by atoms with E-state index in [1.54, 1.807) is 0 Å². The maximum absolute atomic E-state index is 6.26. The van der Waals surface area contributed by atoms with E-state index in [-0.39, 0.29) is 0 Å². The topological polar surface area (TPSA) is 21.3 Å². The molecule has 0 aliphatic carbocycles. The molecular weight excluding hydrogens is 645 g/mol. The van der Waals surface area contributed by atoms with E-state index in [1.807, 2.05) is 12.1 Å². The molecule has 0 unspecified atom stereocenters. The van der Waals surface area contributed by atoms with Crippen molar-refractivity contribution in [2.24, 2.45) is 0 Å². The van der Waals surface area contributed by atoms with Gasteiger partial charge in [0.15, 0.2) is 0 Å². The molecule has 3 heteroatoms. The molecule has 0 aliphatic rings. The first-order valence-electron chi connectivity index (χ1n) is 18.1. The van der Waals surface area contributed by atoms with Gasteiger partial charge in [-0.1, -0.05) is 121 Å². The number of anilines is 3. The third kappa shape index (κ3) is 4.75. The first kappa shape index (κ1) is 29.6. The van der Waals surface area contributed by atoms with Crippen LogP contribution in [0.4, 0.5) is 17.1 Å². The molecule has 2 aromatic heterocycles. The number of hydrogen-bond acceptors (Lipinski definition) is 2. The Morgan fingerprint density at radius 3 is 1.81 bits per heavy atom. The van der Waals surface area contributed by atoms with Gasteiger partial charge < -0.3 is 13.9 Å². The Balaban J connectivity index is 1.11. The van der Waals surface area contributed by atoms with E-state index >= 15 is 0 Å². The summed E-state index contributed by atoms with van der Waals surface area (Å²) in [7, 11) is 0. The standard InChI is InChI=1S/C50H32N2O/c1-3-11-33(12-4-1)34-21-24-38(25-22-34)52-47-17-9-7-15-41(47)42-28-27-40(31-48(42)52)51(37-13-5-2-6-14-37)39-26-23-35-19-20-36-29-50-46(32-45(36)44(35)30-39)43-16-8-10-18-49(43)53-50/h1-32H. The van der Waals surface area contributed by atoms with Gasteiger partial charge in [0.05, 0.1) is 11.0 Å². The van der Waals surface area contributed by atoms with E-state index in [0.717, 1.165) is 55.6 Å². The van der Waals surface area contributed by atoms with Crippen LogP contribution < -0.4 is 4.90 Å². The highest BCUT2D eigenvalue weighted by Crippen LogP contribution is 2.42. The first-order chi connectivity index (χ1) is 26.3. The number of para-hydroxylation sites is 3. The maximum atomic E-state index is 6.26. The van der Waals surface area contributed by atoms with Crippen molar-refractivity contribution in [3.8, 4) is 16.8 Å². The molecule has 0 bridgehead atoms. The Bertz CT molecular complexity index is 3160. The molecule has 0 saturated heterocycles. The van der Waals surface area contributed by atoms with Gasteiger partial charge in [-0.15, -0.1) is 0 Å². The molecule has 2 heterocycles. The number of aromatic nitrogens is 1. The van der Waals surface area contributed by atoms with Gasteiger partial charge in [0.2, 0.25) is 0 Å². The molecule has 3 nitrogen and oxygen atoms in total. The van der Waals surface area contributed by atoms with E-state index in [2.05, 4.69) is 191 Å². The van der Waals surface area contributed by atoms with Crippen LogP contribution in [0.15, 0.2) is 199 Å². The maximum Gasteiger partial charge on any atom is 0.136 e. The number of hydrogen-bond donors (Lipinski definition) is 0. The minimum absolute atomic E-state index is 0.915.